The predicted molar refractivity (Wildman–Crippen MR) is 67.0 cm³/mol. The van der Waals surface area contributed by atoms with Crippen molar-refractivity contribution in [3.05, 3.63) is 22.4 Å². The van der Waals surface area contributed by atoms with E-state index in [0.29, 0.717) is 0 Å². The predicted octanol–water partition coefficient (Wildman–Crippen LogP) is 1.91. The van der Waals surface area contributed by atoms with E-state index >= 15 is 0 Å². The lowest BCUT2D eigenvalue weighted by atomic mass is 9.86. The van der Waals surface area contributed by atoms with Crippen LogP contribution in [0, 0.1) is 5.41 Å². The van der Waals surface area contributed by atoms with Gasteiger partial charge in [-0.15, -0.1) is 11.3 Å². The average molecular weight is 255 g/mol. The molecular formula is C12H17NO3S. The van der Waals surface area contributed by atoms with Crippen LogP contribution in [-0.4, -0.2) is 23.0 Å². The molecule has 4 nitrogen and oxygen atoms in total. The number of nitrogens with one attached hydrogen (secondary N) is 1. The Bertz CT molecular complexity index is 392. The van der Waals surface area contributed by atoms with Gasteiger partial charge in [0, 0.05) is 4.88 Å². The molecule has 17 heavy (non-hydrogen) atoms. The molecule has 1 heterocycles. The van der Waals surface area contributed by atoms with Gasteiger partial charge in [-0.05, 0) is 16.9 Å². The SMILES string of the molecule is CC(C)(C)[C@@H](NC(=O)Cc1cccs1)C(=O)O. The van der Waals surface area contributed by atoms with Gasteiger partial charge >= 0.3 is 5.97 Å². The number of aliphatic carboxylic acids is 1. The van der Waals surface area contributed by atoms with Gasteiger partial charge in [-0.25, -0.2) is 4.79 Å². The summed E-state index contributed by atoms with van der Waals surface area (Å²) in [5.74, 6) is -1.26. The van der Waals surface area contributed by atoms with E-state index in [1.54, 1.807) is 20.8 Å². The first-order valence-corrected chi connectivity index (χ1v) is 6.23. The van der Waals surface area contributed by atoms with E-state index in [1.165, 1.54) is 11.3 Å². The zero-order valence-corrected chi connectivity index (χ0v) is 11.0. The van der Waals surface area contributed by atoms with Crippen LogP contribution in [0.5, 0.6) is 0 Å². The van der Waals surface area contributed by atoms with E-state index in [0.717, 1.165) is 4.88 Å². The number of carboxylic acid groups (broad SMARTS) is 1. The largest absolute Gasteiger partial charge is 0.480 e. The maximum absolute atomic E-state index is 11.7. The Hall–Kier alpha value is -1.36. The van der Waals surface area contributed by atoms with Crippen LogP contribution in [0.4, 0.5) is 0 Å². The molecule has 1 amide bonds. The first-order valence-electron chi connectivity index (χ1n) is 5.35. The van der Waals surface area contributed by atoms with Crippen molar-refractivity contribution in [3.63, 3.8) is 0 Å². The fourth-order valence-electron chi connectivity index (χ4n) is 1.43. The second-order valence-electron chi connectivity index (χ2n) is 4.96. The Kier molecular flexibility index (Phi) is 4.28. The fraction of sp³-hybridized carbons (Fsp3) is 0.500. The molecule has 1 rings (SSSR count). The number of carbonyl (C=O) groups is 2. The second kappa shape index (κ2) is 5.31. The number of hydrogen-bond acceptors (Lipinski definition) is 3. The standard InChI is InChI=1S/C12H17NO3S/c1-12(2,3)10(11(15)16)13-9(14)7-8-5-4-6-17-8/h4-6,10H,7H2,1-3H3,(H,13,14)(H,15,16)/t10-/m0/s1. The normalized spacial score (nSPS) is 13.1. The molecule has 0 saturated carbocycles. The number of hydrogen-bond donors (Lipinski definition) is 2. The summed E-state index contributed by atoms with van der Waals surface area (Å²) in [6, 6.07) is 2.86. The highest BCUT2D eigenvalue weighted by Crippen LogP contribution is 2.19. The van der Waals surface area contributed by atoms with Crippen LogP contribution in [0.2, 0.25) is 0 Å². The van der Waals surface area contributed by atoms with Gasteiger partial charge in [-0.2, -0.15) is 0 Å². The van der Waals surface area contributed by atoms with Gasteiger partial charge in [0.15, 0.2) is 0 Å². The van der Waals surface area contributed by atoms with Gasteiger partial charge in [0.1, 0.15) is 6.04 Å². The maximum Gasteiger partial charge on any atom is 0.326 e. The van der Waals surface area contributed by atoms with Crippen molar-refractivity contribution in [2.45, 2.75) is 33.2 Å². The number of thiophene rings is 1. The summed E-state index contributed by atoms with van der Waals surface area (Å²) in [5.41, 5.74) is -0.503. The van der Waals surface area contributed by atoms with Gasteiger partial charge in [0.25, 0.3) is 0 Å². The Morgan fingerprint density at radius 1 is 1.47 bits per heavy atom. The highest BCUT2D eigenvalue weighted by atomic mass is 32.1. The van der Waals surface area contributed by atoms with Crippen molar-refractivity contribution < 1.29 is 14.7 Å². The van der Waals surface area contributed by atoms with Crippen LogP contribution in [0.1, 0.15) is 25.6 Å². The fourth-order valence-corrected chi connectivity index (χ4v) is 2.14. The van der Waals surface area contributed by atoms with Crippen molar-refractivity contribution >= 4 is 23.2 Å². The molecule has 5 heteroatoms. The van der Waals surface area contributed by atoms with Crippen LogP contribution in [0.25, 0.3) is 0 Å². The van der Waals surface area contributed by atoms with Crippen molar-refractivity contribution in [2.75, 3.05) is 0 Å². The van der Waals surface area contributed by atoms with Gasteiger partial charge in [0.05, 0.1) is 6.42 Å². The third kappa shape index (κ3) is 4.19. The molecule has 0 spiro atoms. The summed E-state index contributed by atoms with van der Waals surface area (Å²) >= 11 is 1.49. The second-order valence-corrected chi connectivity index (χ2v) is 5.99. The van der Waals surface area contributed by atoms with Crippen LogP contribution in [0.3, 0.4) is 0 Å². The molecule has 0 aliphatic carbocycles. The molecular weight excluding hydrogens is 238 g/mol. The van der Waals surface area contributed by atoms with Gasteiger partial charge < -0.3 is 10.4 Å². The molecule has 0 aliphatic rings. The minimum absolute atomic E-state index is 0.234. The van der Waals surface area contributed by atoms with Gasteiger partial charge in [0.2, 0.25) is 5.91 Å². The number of rotatable bonds is 4. The van der Waals surface area contributed by atoms with Crippen molar-refractivity contribution in [3.8, 4) is 0 Å². The van der Waals surface area contributed by atoms with E-state index in [2.05, 4.69) is 5.32 Å². The smallest absolute Gasteiger partial charge is 0.326 e. The van der Waals surface area contributed by atoms with E-state index in [4.69, 9.17) is 5.11 Å². The molecule has 0 bridgehead atoms. The number of amides is 1. The van der Waals surface area contributed by atoms with E-state index in [1.807, 2.05) is 17.5 Å². The lowest BCUT2D eigenvalue weighted by Crippen LogP contribution is -2.49. The van der Waals surface area contributed by atoms with Crippen molar-refractivity contribution in [1.82, 2.24) is 5.32 Å². The minimum Gasteiger partial charge on any atom is -0.480 e. The molecule has 0 fully saturated rings. The maximum atomic E-state index is 11.7. The third-order valence-corrected chi connectivity index (χ3v) is 3.21. The summed E-state index contributed by atoms with van der Waals surface area (Å²) in [5, 5.41) is 13.5. The zero-order chi connectivity index (χ0) is 13.1. The Labute approximate surface area is 105 Å². The molecule has 0 unspecified atom stereocenters. The summed E-state index contributed by atoms with van der Waals surface area (Å²) in [4.78, 5) is 23.7. The van der Waals surface area contributed by atoms with Crippen LogP contribution in [0.15, 0.2) is 17.5 Å². The highest BCUT2D eigenvalue weighted by Gasteiger charge is 2.32. The minimum atomic E-state index is -1.00. The lowest BCUT2D eigenvalue weighted by molar-refractivity contribution is -0.144. The van der Waals surface area contributed by atoms with E-state index in [9.17, 15) is 9.59 Å². The molecule has 2 N–H and O–H groups in total. The number of carbonyl (C=O) groups excluding carboxylic acids is 1. The molecule has 0 aliphatic heterocycles. The molecule has 1 aromatic rings. The summed E-state index contributed by atoms with van der Waals surface area (Å²) in [7, 11) is 0. The van der Waals surface area contributed by atoms with Crippen molar-refractivity contribution in [2.24, 2.45) is 5.41 Å². The summed E-state index contributed by atoms with van der Waals surface area (Å²) in [6.07, 6.45) is 0.234. The van der Waals surface area contributed by atoms with Crippen LogP contribution >= 0.6 is 11.3 Å². The topological polar surface area (TPSA) is 66.4 Å². The Morgan fingerprint density at radius 3 is 2.53 bits per heavy atom. The third-order valence-electron chi connectivity index (χ3n) is 2.33. The first kappa shape index (κ1) is 13.7. The molecule has 0 radical (unpaired) electrons. The summed E-state index contributed by atoms with van der Waals surface area (Å²) < 4.78 is 0. The molecule has 1 aromatic heterocycles. The van der Waals surface area contributed by atoms with Gasteiger partial charge in [-0.1, -0.05) is 26.8 Å². The van der Waals surface area contributed by atoms with Crippen LogP contribution in [-0.2, 0) is 16.0 Å². The molecule has 0 aromatic carbocycles. The van der Waals surface area contributed by atoms with Gasteiger partial charge in [-0.3, -0.25) is 4.79 Å². The lowest BCUT2D eigenvalue weighted by Gasteiger charge is -2.27. The van der Waals surface area contributed by atoms with Crippen LogP contribution < -0.4 is 5.32 Å². The monoisotopic (exact) mass is 255 g/mol. The Morgan fingerprint density at radius 2 is 2.12 bits per heavy atom. The molecule has 0 saturated heterocycles. The Balaban J connectivity index is 2.62. The number of carboxylic acids is 1. The van der Waals surface area contributed by atoms with Crippen molar-refractivity contribution in [1.29, 1.82) is 0 Å². The average Bonchev–Trinajstić information content (AvgIpc) is 2.64. The van der Waals surface area contributed by atoms with E-state index < -0.39 is 17.4 Å². The highest BCUT2D eigenvalue weighted by molar-refractivity contribution is 7.10. The quantitative estimate of drug-likeness (QED) is 0.863. The molecule has 94 valence electrons. The first-order chi connectivity index (χ1) is 7.80. The summed E-state index contributed by atoms with van der Waals surface area (Å²) in [6.45, 7) is 5.37. The van der Waals surface area contributed by atoms with E-state index in [-0.39, 0.29) is 12.3 Å². The molecule has 1 atom stereocenters. The zero-order valence-electron chi connectivity index (χ0n) is 10.2.